The van der Waals surface area contributed by atoms with Gasteiger partial charge in [0.1, 0.15) is 5.75 Å². The van der Waals surface area contributed by atoms with Gasteiger partial charge < -0.3 is 14.6 Å². The SMILES string of the molecule is COc1ccccc1-c1cnnc(N/N=C/c2cc(Cl)cc(OC)c2O)n1. The van der Waals surface area contributed by atoms with Crippen LogP contribution < -0.4 is 14.9 Å². The van der Waals surface area contributed by atoms with Crippen molar-refractivity contribution in [3.8, 4) is 28.5 Å². The molecule has 0 aliphatic heterocycles. The van der Waals surface area contributed by atoms with Gasteiger partial charge in [-0.1, -0.05) is 23.7 Å². The predicted molar refractivity (Wildman–Crippen MR) is 103 cm³/mol. The summed E-state index contributed by atoms with van der Waals surface area (Å²) < 4.78 is 10.4. The Labute approximate surface area is 160 Å². The van der Waals surface area contributed by atoms with E-state index in [2.05, 4.69) is 25.7 Å². The fourth-order valence-electron chi connectivity index (χ4n) is 2.34. The van der Waals surface area contributed by atoms with Crippen LogP contribution in [0.5, 0.6) is 17.2 Å². The molecule has 27 heavy (non-hydrogen) atoms. The minimum Gasteiger partial charge on any atom is -0.504 e. The molecular weight excluding hydrogens is 370 g/mol. The number of nitrogens with one attached hydrogen (secondary N) is 1. The summed E-state index contributed by atoms with van der Waals surface area (Å²) in [6, 6.07) is 10.5. The molecule has 0 aliphatic rings. The third-order valence-corrected chi connectivity index (χ3v) is 3.82. The molecule has 0 amide bonds. The lowest BCUT2D eigenvalue weighted by Crippen LogP contribution is -2.01. The number of anilines is 1. The molecule has 2 N–H and O–H groups in total. The monoisotopic (exact) mass is 385 g/mol. The number of nitrogens with zero attached hydrogens (tertiary/aromatic N) is 4. The number of aromatic nitrogens is 3. The second kappa shape index (κ2) is 8.33. The van der Waals surface area contributed by atoms with Crippen molar-refractivity contribution in [3.63, 3.8) is 0 Å². The number of hydrogen-bond donors (Lipinski definition) is 2. The van der Waals surface area contributed by atoms with E-state index in [-0.39, 0.29) is 17.4 Å². The number of hydrazone groups is 1. The maximum Gasteiger partial charge on any atom is 0.263 e. The van der Waals surface area contributed by atoms with Crippen LogP contribution in [0.3, 0.4) is 0 Å². The zero-order valence-corrected chi connectivity index (χ0v) is 15.3. The van der Waals surface area contributed by atoms with Gasteiger partial charge in [-0.2, -0.15) is 10.2 Å². The number of aromatic hydroxyl groups is 1. The lowest BCUT2D eigenvalue weighted by Gasteiger charge is -2.08. The normalized spacial score (nSPS) is 10.8. The summed E-state index contributed by atoms with van der Waals surface area (Å²) in [6.45, 7) is 0. The molecule has 0 unspecified atom stereocenters. The number of para-hydroxylation sites is 1. The van der Waals surface area contributed by atoms with Crippen molar-refractivity contribution < 1.29 is 14.6 Å². The zero-order valence-electron chi connectivity index (χ0n) is 14.5. The minimum atomic E-state index is -0.0748. The Balaban J connectivity index is 1.82. The van der Waals surface area contributed by atoms with E-state index in [1.54, 1.807) is 13.2 Å². The summed E-state index contributed by atoms with van der Waals surface area (Å²) >= 11 is 5.99. The van der Waals surface area contributed by atoms with Gasteiger partial charge in [-0.15, -0.1) is 5.10 Å². The molecule has 8 nitrogen and oxygen atoms in total. The largest absolute Gasteiger partial charge is 0.504 e. The summed E-state index contributed by atoms with van der Waals surface area (Å²) in [7, 11) is 3.02. The molecule has 0 saturated heterocycles. The first-order valence-corrected chi connectivity index (χ1v) is 8.19. The number of methoxy groups -OCH3 is 2. The lowest BCUT2D eigenvalue weighted by atomic mass is 10.1. The van der Waals surface area contributed by atoms with Crippen molar-refractivity contribution >= 4 is 23.8 Å². The number of phenols is 1. The quantitative estimate of drug-likeness (QED) is 0.495. The average molecular weight is 386 g/mol. The smallest absolute Gasteiger partial charge is 0.263 e. The number of benzene rings is 2. The van der Waals surface area contributed by atoms with Gasteiger partial charge in [0.25, 0.3) is 5.95 Å². The van der Waals surface area contributed by atoms with E-state index < -0.39 is 0 Å². The standard InChI is InChI=1S/C18H16ClN5O3/c1-26-15-6-4-3-5-13(15)14-10-21-24-18(22-14)23-20-9-11-7-12(19)8-16(27-2)17(11)25/h3-10,25H,1-2H3,(H,22,23,24)/b20-9+. The Morgan fingerprint density at radius 3 is 2.70 bits per heavy atom. The topological polar surface area (TPSA) is 102 Å². The highest BCUT2D eigenvalue weighted by Gasteiger charge is 2.10. The Hall–Kier alpha value is -3.39. The number of halogens is 1. The molecule has 0 saturated carbocycles. The third kappa shape index (κ3) is 4.24. The maximum absolute atomic E-state index is 10.1. The third-order valence-electron chi connectivity index (χ3n) is 3.60. The van der Waals surface area contributed by atoms with E-state index in [0.717, 1.165) is 5.56 Å². The molecule has 0 radical (unpaired) electrons. The van der Waals surface area contributed by atoms with Crippen LogP contribution in [0.4, 0.5) is 5.95 Å². The van der Waals surface area contributed by atoms with Gasteiger partial charge in [0, 0.05) is 22.2 Å². The van der Waals surface area contributed by atoms with Crippen molar-refractivity contribution in [1.29, 1.82) is 0 Å². The van der Waals surface area contributed by atoms with Crippen molar-refractivity contribution in [2.75, 3.05) is 19.6 Å². The molecule has 138 valence electrons. The average Bonchev–Trinajstić information content (AvgIpc) is 2.70. The Bertz CT molecular complexity index is 981. The Morgan fingerprint density at radius 2 is 1.93 bits per heavy atom. The summed E-state index contributed by atoms with van der Waals surface area (Å²) in [5.74, 6) is 1.03. The highest BCUT2D eigenvalue weighted by Crippen LogP contribution is 2.32. The molecule has 3 rings (SSSR count). The van der Waals surface area contributed by atoms with Crippen LogP contribution in [0.2, 0.25) is 5.02 Å². The molecule has 2 aromatic carbocycles. The summed E-state index contributed by atoms with van der Waals surface area (Å²) in [6.07, 6.45) is 2.91. The molecule has 0 bridgehead atoms. The Kier molecular flexibility index (Phi) is 5.68. The summed E-state index contributed by atoms with van der Waals surface area (Å²) in [5.41, 5.74) is 4.40. The summed E-state index contributed by atoms with van der Waals surface area (Å²) in [4.78, 5) is 4.36. The van der Waals surface area contributed by atoms with Crippen LogP contribution >= 0.6 is 11.6 Å². The zero-order chi connectivity index (χ0) is 19.2. The van der Waals surface area contributed by atoms with Gasteiger partial charge in [0.15, 0.2) is 11.5 Å². The predicted octanol–water partition coefficient (Wildman–Crippen LogP) is 3.36. The molecule has 1 aromatic heterocycles. The first-order valence-electron chi connectivity index (χ1n) is 7.81. The van der Waals surface area contributed by atoms with Crippen LogP contribution in [0.1, 0.15) is 5.56 Å². The van der Waals surface area contributed by atoms with E-state index in [1.165, 1.54) is 25.6 Å². The van der Waals surface area contributed by atoms with Gasteiger partial charge >= 0.3 is 0 Å². The van der Waals surface area contributed by atoms with E-state index in [0.29, 0.717) is 22.0 Å². The fraction of sp³-hybridized carbons (Fsp3) is 0.111. The number of rotatable bonds is 6. The van der Waals surface area contributed by atoms with E-state index in [4.69, 9.17) is 21.1 Å². The lowest BCUT2D eigenvalue weighted by molar-refractivity contribution is 0.373. The molecule has 3 aromatic rings. The van der Waals surface area contributed by atoms with Crippen LogP contribution in [0, 0.1) is 0 Å². The summed E-state index contributed by atoms with van der Waals surface area (Å²) in [5, 5.41) is 22.3. The number of hydrogen-bond acceptors (Lipinski definition) is 8. The van der Waals surface area contributed by atoms with Gasteiger partial charge in [-0.25, -0.2) is 10.4 Å². The molecule has 1 heterocycles. The molecule has 0 spiro atoms. The molecule has 0 fully saturated rings. The highest BCUT2D eigenvalue weighted by molar-refractivity contribution is 6.31. The van der Waals surface area contributed by atoms with Crippen molar-refractivity contribution in [2.24, 2.45) is 5.10 Å². The van der Waals surface area contributed by atoms with Gasteiger partial charge in [-0.3, -0.25) is 0 Å². The first-order chi connectivity index (χ1) is 13.1. The van der Waals surface area contributed by atoms with Crippen molar-refractivity contribution in [2.45, 2.75) is 0 Å². The molecule has 0 atom stereocenters. The van der Waals surface area contributed by atoms with E-state index in [1.807, 2.05) is 24.3 Å². The van der Waals surface area contributed by atoms with Gasteiger partial charge in [0.2, 0.25) is 0 Å². The van der Waals surface area contributed by atoms with Crippen LogP contribution in [-0.4, -0.2) is 40.7 Å². The Morgan fingerprint density at radius 1 is 1.15 bits per heavy atom. The molecular formula is C18H16ClN5O3. The molecule has 0 aliphatic carbocycles. The van der Waals surface area contributed by atoms with E-state index in [9.17, 15) is 5.11 Å². The second-order valence-corrected chi connectivity index (χ2v) is 5.72. The first kappa shape index (κ1) is 18.4. The van der Waals surface area contributed by atoms with Gasteiger partial charge in [-0.05, 0) is 18.2 Å². The van der Waals surface area contributed by atoms with E-state index >= 15 is 0 Å². The number of phenolic OH excluding ortho intramolecular Hbond substituents is 1. The second-order valence-electron chi connectivity index (χ2n) is 5.28. The molecule has 9 heteroatoms. The van der Waals surface area contributed by atoms with Gasteiger partial charge in [0.05, 0.1) is 32.3 Å². The maximum atomic E-state index is 10.1. The minimum absolute atomic E-state index is 0.0748. The van der Waals surface area contributed by atoms with Crippen molar-refractivity contribution in [1.82, 2.24) is 15.2 Å². The van der Waals surface area contributed by atoms with Crippen molar-refractivity contribution in [3.05, 3.63) is 53.2 Å². The fourth-order valence-corrected chi connectivity index (χ4v) is 2.56. The highest BCUT2D eigenvalue weighted by atomic mass is 35.5. The van der Waals surface area contributed by atoms with Crippen LogP contribution in [-0.2, 0) is 0 Å². The van der Waals surface area contributed by atoms with Crippen LogP contribution in [0.15, 0.2) is 47.7 Å². The van der Waals surface area contributed by atoms with Crippen LogP contribution in [0.25, 0.3) is 11.3 Å². The number of ether oxygens (including phenoxy) is 2.